The second kappa shape index (κ2) is 12.0. The van der Waals surface area contributed by atoms with E-state index < -0.39 is 0 Å². The Labute approximate surface area is 176 Å². The monoisotopic (exact) mass is 435 g/mol. The van der Waals surface area contributed by atoms with Gasteiger partial charge in [-0.15, -0.1) is 36.2 Å². The van der Waals surface area contributed by atoms with Crippen molar-refractivity contribution in [3.05, 3.63) is 40.3 Å². The number of benzene rings is 1. The minimum absolute atomic E-state index is 0. The number of halogens is 2. The summed E-state index contributed by atoms with van der Waals surface area (Å²) in [6, 6.07) is 5.11. The second-order valence-corrected chi connectivity index (χ2v) is 6.60. The zero-order valence-corrected chi connectivity index (χ0v) is 18.1. The number of nitrogens with one attached hydrogen (secondary N) is 1. The molecule has 152 valence electrons. The number of carbonyl (C=O) groups excluding carboxylic acids is 1. The number of hydrogen-bond donors (Lipinski definition) is 2. The molecule has 2 rings (SSSR count). The number of aromatic nitrogens is 1. The molecule has 1 aromatic carbocycles. The lowest BCUT2D eigenvalue weighted by atomic mass is 9.94. The maximum absolute atomic E-state index is 12.4. The summed E-state index contributed by atoms with van der Waals surface area (Å²) in [5.74, 6) is 0.899. The summed E-state index contributed by atoms with van der Waals surface area (Å²) in [6.45, 7) is 4.83. The predicted molar refractivity (Wildman–Crippen MR) is 114 cm³/mol. The van der Waals surface area contributed by atoms with Crippen molar-refractivity contribution in [3.63, 3.8) is 0 Å². The molecule has 1 aromatic heterocycles. The van der Waals surface area contributed by atoms with Gasteiger partial charge in [0.1, 0.15) is 6.61 Å². The van der Waals surface area contributed by atoms with Crippen molar-refractivity contribution in [1.82, 2.24) is 10.3 Å². The predicted octanol–water partition coefficient (Wildman–Crippen LogP) is 3.82. The Kier molecular flexibility index (Phi) is 11.3. The molecule has 0 saturated carbocycles. The third kappa shape index (κ3) is 7.18. The highest BCUT2D eigenvalue weighted by molar-refractivity contribution is 7.07. The normalized spacial score (nSPS) is 10.4. The van der Waals surface area contributed by atoms with Crippen LogP contribution in [0.3, 0.4) is 0 Å². The summed E-state index contributed by atoms with van der Waals surface area (Å²) in [5, 5.41) is 4.82. The van der Waals surface area contributed by atoms with Crippen LogP contribution >= 0.6 is 36.2 Å². The van der Waals surface area contributed by atoms with E-state index in [1.807, 2.05) is 19.2 Å². The van der Waals surface area contributed by atoms with E-state index in [9.17, 15) is 4.79 Å². The first kappa shape index (κ1) is 25.5. The van der Waals surface area contributed by atoms with E-state index in [1.165, 1.54) is 11.3 Å². The van der Waals surface area contributed by atoms with Crippen LogP contribution in [-0.4, -0.2) is 30.1 Å². The molecular formula is C18H27Cl2N3O3S. The molecule has 0 unspecified atom stereocenters. The molecule has 6 nitrogen and oxygen atoms in total. The lowest BCUT2D eigenvalue weighted by Gasteiger charge is -2.26. The molecule has 0 aliphatic heterocycles. The van der Waals surface area contributed by atoms with Gasteiger partial charge in [0.15, 0.2) is 11.5 Å². The van der Waals surface area contributed by atoms with Crippen LogP contribution in [0.2, 0.25) is 0 Å². The average molecular weight is 436 g/mol. The third-order valence-corrected chi connectivity index (χ3v) is 4.93. The van der Waals surface area contributed by atoms with E-state index >= 15 is 0 Å². The van der Waals surface area contributed by atoms with Gasteiger partial charge in [-0.2, -0.15) is 0 Å². The maximum Gasteiger partial charge on any atom is 0.251 e. The fraction of sp³-hybridized carbons (Fsp3) is 0.444. The van der Waals surface area contributed by atoms with Crippen LogP contribution in [0.25, 0.3) is 0 Å². The number of amides is 1. The fourth-order valence-electron chi connectivity index (χ4n) is 2.25. The van der Waals surface area contributed by atoms with Crippen LogP contribution in [0.1, 0.15) is 42.7 Å². The highest BCUT2D eigenvalue weighted by atomic mass is 35.5. The number of thiazole rings is 1. The topological polar surface area (TPSA) is 86.5 Å². The first-order valence-corrected chi connectivity index (χ1v) is 9.20. The minimum Gasteiger partial charge on any atom is -0.493 e. The van der Waals surface area contributed by atoms with Crippen LogP contribution < -0.4 is 20.5 Å². The van der Waals surface area contributed by atoms with Crippen LogP contribution in [0, 0.1) is 0 Å². The van der Waals surface area contributed by atoms with E-state index in [2.05, 4.69) is 10.3 Å². The Bertz CT molecular complexity index is 695. The van der Waals surface area contributed by atoms with Crippen molar-refractivity contribution >= 4 is 42.1 Å². The highest BCUT2D eigenvalue weighted by Gasteiger charge is 2.21. The summed E-state index contributed by atoms with van der Waals surface area (Å²) in [7, 11) is 1.55. The number of carbonyl (C=O) groups is 1. The van der Waals surface area contributed by atoms with E-state index in [1.54, 1.807) is 30.8 Å². The molecule has 1 heterocycles. The van der Waals surface area contributed by atoms with Crippen molar-refractivity contribution in [3.8, 4) is 11.5 Å². The lowest BCUT2D eigenvalue weighted by molar-refractivity contribution is 0.0941. The first-order valence-electron chi connectivity index (χ1n) is 8.26. The third-order valence-electron chi connectivity index (χ3n) is 4.29. The molecule has 0 radical (unpaired) electrons. The van der Waals surface area contributed by atoms with Gasteiger partial charge >= 0.3 is 0 Å². The van der Waals surface area contributed by atoms with Gasteiger partial charge in [-0.1, -0.05) is 13.8 Å². The zero-order valence-electron chi connectivity index (χ0n) is 15.7. The summed E-state index contributed by atoms with van der Waals surface area (Å²) >= 11 is 1.52. The number of ether oxygens (including phenoxy) is 2. The molecule has 2 aromatic rings. The minimum atomic E-state index is -0.379. The van der Waals surface area contributed by atoms with Gasteiger partial charge in [0.05, 0.1) is 18.3 Å². The molecule has 27 heavy (non-hydrogen) atoms. The number of nitrogens with zero attached hydrogens (tertiary/aromatic N) is 1. The van der Waals surface area contributed by atoms with Crippen LogP contribution in [0.5, 0.6) is 11.5 Å². The van der Waals surface area contributed by atoms with Crippen LogP contribution in [0.15, 0.2) is 29.1 Å². The van der Waals surface area contributed by atoms with Gasteiger partial charge in [-0.25, -0.2) is 4.98 Å². The van der Waals surface area contributed by atoms with Crippen molar-refractivity contribution in [1.29, 1.82) is 0 Å². The molecule has 0 atom stereocenters. The lowest BCUT2D eigenvalue weighted by Crippen LogP contribution is -2.49. The second-order valence-electron chi connectivity index (χ2n) is 5.89. The van der Waals surface area contributed by atoms with E-state index in [0.29, 0.717) is 30.2 Å². The van der Waals surface area contributed by atoms with Crippen molar-refractivity contribution in [2.75, 3.05) is 13.7 Å². The van der Waals surface area contributed by atoms with Crippen molar-refractivity contribution in [2.24, 2.45) is 5.73 Å². The Morgan fingerprint density at radius 1 is 1.26 bits per heavy atom. The fourth-order valence-corrected chi connectivity index (χ4v) is 2.79. The smallest absolute Gasteiger partial charge is 0.251 e. The molecular weight excluding hydrogens is 409 g/mol. The van der Waals surface area contributed by atoms with Crippen molar-refractivity contribution in [2.45, 2.75) is 38.8 Å². The van der Waals surface area contributed by atoms with Crippen LogP contribution in [-0.2, 0) is 6.61 Å². The molecule has 0 spiro atoms. The highest BCUT2D eigenvalue weighted by Crippen LogP contribution is 2.29. The zero-order chi connectivity index (χ0) is 18.3. The first-order chi connectivity index (χ1) is 12.0. The molecule has 0 aliphatic rings. The number of methoxy groups -OCH3 is 1. The summed E-state index contributed by atoms with van der Waals surface area (Å²) in [4.78, 5) is 16.5. The Balaban J connectivity index is 0.00000338. The standard InChI is InChI=1S/C18H25N3O3S.2ClH/c1-4-18(19,5-2)11-20-17(22)13-6-7-15(16(8-13)23-3)24-9-14-10-25-12-21-14;;/h6-8,10,12H,4-5,9,11,19H2,1-3H3,(H,20,22);2*1H. The maximum atomic E-state index is 12.4. The average Bonchev–Trinajstić information content (AvgIpc) is 3.17. The van der Waals surface area contributed by atoms with Gasteiger partial charge in [0.2, 0.25) is 0 Å². The van der Waals surface area contributed by atoms with Gasteiger partial charge in [0, 0.05) is 23.0 Å². The Hall–Kier alpha value is -1.54. The van der Waals surface area contributed by atoms with Gasteiger partial charge < -0.3 is 20.5 Å². The van der Waals surface area contributed by atoms with Crippen molar-refractivity contribution < 1.29 is 14.3 Å². The molecule has 1 amide bonds. The van der Waals surface area contributed by atoms with Crippen LogP contribution in [0.4, 0.5) is 0 Å². The molecule has 0 saturated heterocycles. The quantitative estimate of drug-likeness (QED) is 0.624. The van der Waals surface area contributed by atoms with E-state index in [4.69, 9.17) is 15.2 Å². The molecule has 9 heteroatoms. The number of rotatable bonds is 9. The largest absolute Gasteiger partial charge is 0.493 e. The summed E-state index contributed by atoms with van der Waals surface area (Å²) in [5.41, 5.74) is 8.96. The summed E-state index contributed by atoms with van der Waals surface area (Å²) < 4.78 is 11.1. The van der Waals surface area contributed by atoms with E-state index in [0.717, 1.165) is 18.5 Å². The van der Waals surface area contributed by atoms with E-state index in [-0.39, 0.29) is 36.3 Å². The van der Waals surface area contributed by atoms with Gasteiger partial charge in [0.25, 0.3) is 5.91 Å². The Morgan fingerprint density at radius 2 is 1.96 bits per heavy atom. The molecule has 0 aliphatic carbocycles. The summed E-state index contributed by atoms with van der Waals surface area (Å²) in [6.07, 6.45) is 1.60. The molecule has 3 N–H and O–H groups in total. The molecule has 0 fully saturated rings. The van der Waals surface area contributed by atoms with Gasteiger partial charge in [-0.3, -0.25) is 4.79 Å². The molecule has 0 bridgehead atoms. The number of hydrogen-bond acceptors (Lipinski definition) is 6. The van der Waals surface area contributed by atoms with Gasteiger partial charge in [-0.05, 0) is 31.0 Å². The SMILES string of the molecule is CCC(N)(CC)CNC(=O)c1ccc(OCc2cscn2)c(OC)c1.Cl.Cl. The Morgan fingerprint density at radius 3 is 2.52 bits per heavy atom. The number of nitrogens with two attached hydrogens (primary N) is 1.